The zero-order chi connectivity index (χ0) is 19.2. The Kier molecular flexibility index (Phi) is 4.64. The molecular formula is C21H29N3O3. The van der Waals surface area contributed by atoms with Gasteiger partial charge in [0.2, 0.25) is 0 Å². The molecule has 6 nitrogen and oxygen atoms in total. The van der Waals surface area contributed by atoms with Gasteiger partial charge in [0, 0.05) is 35.4 Å². The molecule has 6 heteroatoms. The van der Waals surface area contributed by atoms with Gasteiger partial charge < -0.3 is 24.6 Å². The number of likely N-dealkylation sites (N-methyl/N-ethyl adjacent to an activating group) is 1. The number of ether oxygens (including phenoxy) is 1. The van der Waals surface area contributed by atoms with Gasteiger partial charge in [0.05, 0.1) is 13.7 Å². The molecule has 3 heterocycles. The number of carbonyl (C=O) groups is 1. The average molecular weight is 371 g/mol. The van der Waals surface area contributed by atoms with E-state index in [2.05, 4.69) is 16.9 Å². The summed E-state index contributed by atoms with van der Waals surface area (Å²) in [5.74, 6) is 0.839. The summed E-state index contributed by atoms with van der Waals surface area (Å²) in [5.41, 5.74) is 2.51. The first kappa shape index (κ1) is 18.3. The van der Waals surface area contributed by atoms with Crippen molar-refractivity contribution in [1.82, 2.24) is 14.8 Å². The standard InChI is InChI=1S/C21H29N3O3/c1-14-16-11-15(27-3)5-6-17(16)22-19(14)20(26)24-10-8-21(13-25)7-4-9-23(2)18(21)12-24/h5-6,11,18,22,25H,4,7-10,12-13H2,1-3H3/t18-,21-/m1/s1. The molecule has 1 aromatic heterocycles. The number of hydrogen-bond donors (Lipinski definition) is 2. The average Bonchev–Trinajstić information content (AvgIpc) is 3.03. The number of aryl methyl sites for hydroxylation is 1. The molecule has 27 heavy (non-hydrogen) atoms. The summed E-state index contributed by atoms with van der Waals surface area (Å²) >= 11 is 0. The molecule has 146 valence electrons. The molecule has 0 bridgehead atoms. The Morgan fingerprint density at radius 1 is 1.37 bits per heavy atom. The number of fused-ring (bicyclic) bond motifs is 2. The first-order valence-corrected chi connectivity index (χ1v) is 9.76. The topological polar surface area (TPSA) is 68.8 Å². The number of rotatable bonds is 3. The van der Waals surface area contributed by atoms with Crippen molar-refractivity contribution in [1.29, 1.82) is 0 Å². The third kappa shape index (κ3) is 2.91. The van der Waals surface area contributed by atoms with Gasteiger partial charge in [0.1, 0.15) is 11.4 Å². The minimum atomic E-state index is -0.0629. The number of carbonyl (C=O) groups excluding carboxylic acids is 1. The quantitative estimate of drug-likeness (QED) is 0.869. The van der Waals surface area contributed by atoms with Crippen molar-refractivity contribution in [3.8, 4) is 5.75 Å². The van der Waals surface area contributed by atoms with Crippen LogP contribution in [0, 0.1) is 12.3 Å². The second-order valence-corrected chi connectivity index (χ2v) is 8.16. The lowest BCUT2D eigenvalue weighted by Gasteiger charge is -2.53. The number of benzene rings is 1. The summed E-state index contributed by atoms with van der Waals surface area (Å²) in [6.07, 6.45) is 3.02. The smallest absolute Gasteiger partial charge is 0.270 e. The minimum absolute atomic E-state index is 0.0492. The van der Waals surface area contributed by atoms with Crippen LogP contribution < -0.4 is 4.74 Å². The molecule has 4 rings (SSSR count). The van der Waals surface area contributed by atoms with Crippen LogP contribution >= 0.6 is 0 Å². The van der Waals surface area contributed by atoms with Crippen molar-refractivity contribution in [2.45, 2.75) is 32.2 Å². The number of nitrogens with one attached hydrogen (secondary N) is 1. The van der Waals surface area contributed by atoms with Gasteiger partial charge in [-0.25, -0.2) is 0 Å². The maximum atomic E-state index is 13.3. The largest absolute Gasteiger partial charge is 0.497 e. The van der Waals surface area contributed by atoms with E-state index in [0.29, 0.717) is 18.8 Å². The van der Waals surface area contributed by atoms with Crippen LogP contribution in [0.1, 0.15) is 35.3 Å². The molecule has 2 aliphatic rings. The molecule has 0 aliphatic carbocycles. The fourth-order valence-electron chi connectivity index (χ4n) is 5.01. The highest BCUT2D eigenvalue weighted by Crippen LogP contribution is 2.42. The highest BCUT2D eigenvalue weighted by Gasteiger charge is 2.47. The summed E-state index contributed by atoms with van der Waals surface area (Å²) in [6, 6.07) is 6.05. The van der Waals surface area contributed by atoms with Crippen molar-refractivity contribution in [2.75, 3.05) is 40.4 Å². The molecular weight excluding hydrogens is 342 g/mol. The molecule has 2 atom stereocenters. The minimum Gasteiger partial charge on any atom is -0.497 e. The number of aliphatic hydroxyl groups excluding tert-OH is 1. The predicted octanol–water partition coefficient (Wildman–Crippen LogP) is 2.40. The Hall–Kier alpha value is -2.05. The van der Waals surface area contributed by atoms with Crippen LogP contribution in [0.4, 0.5) is 0 Å². The van der Waals surface area contributed by atoms with E-state index in [0.717, 1.165) is 48.0 Å². The van der Waals surface area contributed by atoms with E-state index in [1.165, 1.54) is 0 Å². The van der Waals surface area contributed by atoms with Crippen molar-refractivity contribution in [3.05, 3.63) is 29.5 Å². The first-order chi connectivity index (χ1) is 13.0. The maximum Gasteiger partial charge on any atom is 0.270 e. The fourth-order valence-corrected chi connectivity index (χ4v) is 5.01. The number of amides is 1. The highest BCUT2D eigenvalue weighted by molar-refractivity contribution is 6.01. The zero-order valence-electron chi connectivity index (χ0n) is 16.4. The van der Waals surface area contributed by atoms with Crippen LogP contribution in [0.2, 0.25) is 0 Å². The van der Waals surface area contributed by atoms with Gasteiger partial charge in [-0.05, 0) is 63.5 Å². The van der Waals surface area contributed by atoms with E-state index in [-0.39, 0.29) is 24.0 Å². The Morgan fingerprint density at radius 2 is 2.19 bits per heavy atom. The predicted molar refractivity (Wildman–Crippen MR) is 105 cm³/mol. The van der Waals surface area contributed by atoms with Crippen LogP contribution in [-0.2, 0) is 0 Å². The van der Waals surface area contributed by atoms with E-state index in [9.17, 15) is 9.90 Å². The maximum absolute atomic E-state index is 13.3. The summed E-state index contributed by atoms with van der Waals surface area (Å²) < 4.78 is 5.32. The van der Waals surface area contributed by atoms with Gasteiger partial charge in [-0.1, -0.05) is 0 Å². The number of methoxy groups -OCH3 is 1. The zero-order valence-corrected chi connectivity index (χ0v) is 16.4. The summed E-state index contributed by atoms with van der Waals surface area (Å²) in [6.45, 7) is 4.59. The van der Waals surface area contributed by atoms with E-state index >= 15 is 0 Å². The number of aromatic nitrogens is 1. The Labute approximate surface area is 160 Å². The number of aliphatic hydroxyl groups is 1. The van der Waals surface area contributed by atoms with Gasteiger partial charge in [-0.15, -0.1) is 0 Å². The van der Waals surface area contributed by atoms with Crippen LogP contribution in [0.5, 0.6) is 5.75 Å². The number of hydrogen-bond acceptors (Lipinski definition) is 4. The number of likely N-dealkylation sites (tertiary alicyclic amines) is 2. The van der Waals surface area contributed by atoms with E-state index in [1.807, 2.05) is 30.0 Å². The molecule has 0 spiro atoms. The molecule has 0 radical (unpaired) electrons. The van der Waals surface area contributed by atoms with E-state index in [1.54, 1.807) is 7.11 Å². The van der Waals surface area contributed by atoms with E-state index in [4.69, 9.17) is 4.74 Å². The Morgan fingerprint density at radius 3 is 2.93 bits per heavy atom. The molecule has 2 fully saturated rings. The molecule has 2 aliphatic heterocycles. The van der Waals surface area contributed by atoms with Gasteiger partial charge in [0.25, 0.3) is 5.91 Å². The second kappa shape index (κ2) is 6.84. The lowest BCUT2D eigenvalue weighted by Crippen LogP contribution is -2.62. The molecule has 2 saturated heterocycles. The van der Waals surface area contributed by atoms with Gasteiger partial charge in [-0.3, -0.25) is 4.79 Å². The SMILES string of the molecule is COc1ccc2[nH]c(C(=O)N3CC[C@@]4(CO)CCCN(C)[C@@H]4C3)c(C)c2c1. The molecule has 2 N–H and O–H groups in total. The molecule has 0 unspecified atom stereocenters. The van der Waals surface area contributed by atoms with Crippen molar-refractivity contribution < 1.29 is 14.6 Å². The molecule has 0 saturated carbocycles. The number of H-pyrrole nitrogens is 1. The first-order valence-electron chi connectivity index (χ1n) is 9.76. The van der Waals surface area contributed by atoms with E-state index < -0.39 is 0 Å². The van der Waals surface area contributed by atoms with Crippen molar-refractivity contribution >= 4 is 16.8 Å². The fraction of sp³-hybridized carbons (Fsp3) is 0.571. The number of nitrogens with zero attached hydrogens (tertiary/aromatic N) is 2. The van der Waals surface area contributed by atoms with Crippen LogP contribution in [0.3, 0.4) is 0 Å². The lowest BCUT2D eigenvalue weighted by atomic mass is 9.69. The van der Waals surface area contributed by atoms with Gasteiger partial charge in [0.15, 0.2) is 0 Å². The van der Waals surface area contributed by atoms with Gasteiger partial charge >= 0.3 is 0 Å². The highest BCUT2D eigenvalue weighted by atomic mass is 16.5. The molecule has 1 amide bonds. The third-order valence-electron chi connectivity index (χ3n) is 6.78. The molecule has 2 aromatic rings. The van der Waals surface area contributed by atoms with Crippen molar-refractivity contribution in [2.24, 2.45) is 5.41 Å². The Bertz CT molecular complexity index is 862. The van der Waals surface area contributed by atoms with Crippen LogP contribution in [0.15, 0.2) is 18.2 Å². The number of piperidine rings is 2. The van der Waals surface area contributed by atoms with Crippen LogP contribution in [-0.4, -0.2) is 72.2 Å². The number of aromatic amines is 1. The van der Waals surface area contributed by atoms with Crippen molar-refractivity contribution in [3.63, 3.8) is 0 Å². The second-order valence-electron chi connectivity index (χ2n) is 8.16. The third-order valence-corrected chi connectivity index (χ3v) is 6.78. The molecule has 1 aromatic carbocycles. The van der Waals surface area contributed by atoms with Gasteiger partial charge in [-0.2, -0.15) is 0 Å². The summed E-state index contributed by atoms with van der Waals surface area (Å²) in [4.78, 5) is 20.9. The Balaban J connectivity index is 1.62. The summed E-state index contributed by atoms with van der Waals surface area (Å²) in [5, 5.41) is 11.1. The van der Waals surface area contributed by atoms with Crippen LogP contribution in [0.25, 0.3) is 10.9 Å². The normalized spacial score (nSPS) is 26.2. The monoisotopic (exact) mass is 371 g/mol. The summed E-state index contributed by atoms with van der Waals surface area (Å²) in [7, 11) is 3.76. The lowest BCUT2D eigenvalue weighted by molar-refractivity contribution is -0.0602.